The molecule has 1 saturated carbocycles. The van der Waals surface area contributed by atoms with Crippen molar-refractivity contribution in [1.29, 1.82) is 0 Å². The van der Waals surface area contributed by atoms with Crippen molar-refractivity contribution in [2.75, 3.05) is 13.1 Å². The summed E-state index contributed by atoms with van der Waals surface area (Å²) >= 11 is 0. The van der Waals surface area contributed by atoms with E-state index in [0.29, 0.717) is 12.0 Å². The topological polar surface area (TPSA) is 41.1 Å². The molecule has 0 aromatic rings. The van der Waals surface area contributed by atoms with Gasteiger partial charge in [-0.3, -0.25) is 4.79 Å². The molecule has 1 aliphatic carbocycles. The van der Waals surface area contributed by atoms with Crippen molar-refractivity contribution >= 4 is 5.91 Å². The molecule has 0 aromatic carbocycles. The summed E-state index contributed by atoms with van der Waals surface area (Å²) < 4.78 is 0. The van der Waals surface area contributed by atoms with E-state index in [4.69, 9.17) is 0 Å². The zero-order chi connectivity index (χ0) is 11.5. The van der Waals surface area contributed by atoms with Crippen LogP contribution in [-0.4, -0.2) is 25.0 Å². The van der Waals surface area contributed by atoms with Gasteiger partial charge in [-0.15, -0.1) is 0 Å². The van der Waals surface area contributed by atoms with Gasteiger partial charge in [0.15, 0.2) is 0 Å². The van der Waals surface area contributed by atoms with Crippen LogP contribution in [-0.2, 0) is 4.79 Å². The first-order valence-corrected chi connectivity index (χ1v) is 6.68. The molecule has 2 aliphatic rings. The van der Waals surface area contributed by atoms with Gasteiger partial charge < -0.3 is 10.6 Å². The first-order valence-electron chi connectivity index (χ1n) is 6.68. The van der Waals surface area contributed by atoms with E-state index < -0.39 is 0 Å². The fraction of sp³-hybridized carbons (Fsp3) is 0.923. The number of carbonyl (C=O) groups is 1. The summed E-state index contributed by atoms with van der Waals surface area (Å²) in [6.07, 6.45) is 4.68. The second-order valence-electron chi connectivity index (χ2n) is 5.70. The minimum Gasteiger partial charge on any atom is -0.353 e. The lowest BCUT2D eigenvalue weighted by molar-refractivity contribution is -0.125. The zero-order valence-electron chi connectivity index (χ0n) is 10.5. The van der Waals surface area contributed by atoms with E-state index in [9.17, 15) is 4.79 Å². The van der Waals surface area contributed by atoms with Crippen molar-refractivity contribution in [1.82, 2.24) is 10.6 Å². The van der Waals surface area contributed by atoms with Crippen molar-refractivity contribution in [3.05, 3.63) is 0 Å². The van der Waals surface area contributed by atoms with Crippen molar-refractivity contribution in [3.63, 3.8) is 0 Å². The lowest BCUT2D eigenvalue weighted by Gasteiger charge is -2.33. The van der Waals surface area contributed by atoms with E-state index in [1.807, 2.05) is 0 Å². The van der Waals surface area contributed by atoms with Crippen molar-refractivity contribution in [2.45, 2.75) is 45.6 Å². The number of rotatable bonds is 2. The lowest BCUT2D eigenvalue weighted by Crippen LogP contribution is -2.45. The minimum absolute atomic E-state index is 0.214. The van der Waals surface area contributed by atoms with Crippen LogP contribution in [0.2, 0.25) is 0 Å². The van der Waals surface area contributed by atoms with Gasteiger partial charge in [0.1, 0.15) is 0 Å². The molecule has 92 valence electrons. The molecule has 16 heavy (non-hydrogen) atoms. The summed E-state index contributed by atoms with van der Waals surface area (Å²) in [4.78, 5) is 12.0. The SMILES string of the molecule is CC1CCC(NC(=O)C2CCNC2)C(C)C1. The highest BCUT2D eigenvalue weighted by Gasteiger charge is 2.29. The van der Waals surface area contributed by atoms with E-state index in [1.54, 1.807) is 0 Å². The van der Waals surface area contributed by atoms with Crippen LogP contribution in [0.15, 0.2) is 0 Å². The van der Waals surface area contributed by atoms with Crippen LogP contribution < -0.4 is 10.6 Å². The van der Waals surface area contributed by atoms with Crippen molar-refractivity contribution in [2.24, 2.45) is 17.8 Å². The van der Waals surface area contributed by atoms with E-state index in [0.717, 1.165) is 31.8 Å². The highest BCUT2D eigenvalue weighted by molar-refractivity contribution is 5.79. The molecule has 2 N–H and O–H groups in total. The van der Waals surface area contributed by atoms with E-state index in [1.165, 1.54) is 12.8 Å². The van der Waals surface area contributed by atoms with Crippen LogP contribution in [0.25, 0.3) is 0 Å². The Kier molecular flexibility index (Phi) is 3.85. The molecule has 2 rings (SSSR count). The molecule has 3 heteroatoms. The molecule has 2 fully saturated rings. The standard InChI is InChI=1S/C13H24N2O/c1-9-3-4-12(10(2)7-9)15-13(16)11-5-6-14-8-11/h9-12,14H,3-8H2,1-2H3,(H,15,16). The predicted octanol–water partition coefficient (Wildman–Crippen LogP) is 1.54. The van der Waals surface area contributed by atoms with E-state index >= 15 is 0 Å². The highest BCUT2D eigenvalue weighted by Crippen LogP contribution is 2.28. The van der Waals surface area contributed by atoms with Gasteiger partial charge in [0, 0.05) is 12.6 Å². The molecule has 1 amide bonds. The quantitative estimate of drug-likeness (QED) is 0.747. The first-order chi connectivity index (χ1) is 7.66. The monoisotopic (exact) mass is 224 g/mol. The smallest absolute Gasteiger partial charge is 0.224 e. The molecule has 0 radical (unpaired) electrons. The molecule has 0 bridgehead atoms. The Labute approximate surface area is 98.4 Å². The molecule has 0 spiro atoms. The molecule has 1 heterocycles. The summed E-state index contributed by atoms with van der Waals surface area (Å²) in [6, 6.07) is 0.421. The number of hydrogen-bond acceptors (Lipinski definition) is 2. The van der Waals surface area contributed by atoms with Gasteiger partial charge in [0.05, 0.1) is 5.92 Å². The average Bonchev–Trinajstić information content (AvgIpc) is 2.75. The largest absolute Gasteiger partial charge is 0.353 e. The summed E-state index contributed by atoms with van der Waals surface area (Å²) in [5, 5.41) is 6.50. The second-order valence-corrected chi connectivity index (χ2v) is 5.70. The Hall–Kier alpha value is -0.570. The number of amides is 1. The number of hydrogen-bond donors (Lipinski definition) is 2. The third-order valence-electron chi connectivity index (χ3n) is 4.19. The van der Waals surface area contributed by atoms with Crippen LogP contribution in [0.3, 0.4) is 0 Å². The zero-order valence-corrected chi connectivity index (χ0v) is 10.5. The maximum atomic E-state index is 12.0. The van der Waals surface area contributed by atoms with E-state index in [2.05, 4.69) is 24.5 Å². The Morgan fingerprint density at radius 3 is 2.69 bits per heavy atom. The fourth-order valence-corrected chi connectivity index (χ4v) is 3.06. The Morgan fingerprint density at radius 1 is 1.25 bits per heavy atom. The summed E-state index contributed by atoms with van der Waals surface area (Å²) in [7, 11) is 0. The third-order valence-corrected chi connectivity index (χ3v) is 4.19. The predicted molar refractivity (Wildman–Crippen MR) is 65.1 cm³/mol. The minimum atomic E-state index is 0.214. The molecular weight excluding hydrogens is 200 g/mol. The fourth-order valence-electron chi connectivity index (χ4n) is 3.06. The normalized spacial score (nSPS) is 39.6. The van der Waals surface area contributed by atoms with Gasteiger partial charge in [0.2, 0.25) is 5.91 Å². The van der Waals surface area contributed by atoms with Crippen LogP contribution in [0.5, 0.6) is 0 Å². The maximum absolute atomic E-state index is 12.0. The highest BCUT2D eigenvalue weighted by atomic mass is 16.2. The molecule has 1 saturated heterocycles. The average molecular weight is 224 g/mol. The van der Waals surface area contributed by atoms with Crippen molar-refractivity contribution < 1.29 is 4.79 Å². The summed E-state index contributed by atoms with van der Waals surface area (Å²) in [5.74, 6) is 1.96. The van der Waals surface area contributed by atoms with Crippen LogP contribution in [0.4, 0.5) is 0 Å². The molecule has 3 nitrogen and oxygen atoms in total. The Bertz CT molecular complexity index is 248. The van der Waals surface area contributed by atoms with Gasteiger partial charge >= 0.3 is 0 Å². The van der Waals surface area contributed by atoms with Gasteiger partial charge in [-0.25, -0.2) is 0 Å². The Balaban J connectivity index is 1.82. The Morgan fingerprint density at radius 2 is 2.06 bits per heavy atom. The molecule has 4 atom stereocenters. The number of nitrogens with one attached hydrogen (secondary N) is 2. The van der Waals surface area contributed by atoms with Crippen LogP contribution in [0.1, 0.15) is 39.5 Å². The van der Waals surface area contributed by atoms with Crippen molar-refractivity contribution in [3.8, 4) is 0 Å². The molecule has 0 aromatic heterocycles. The van der Waals surface area contributed by atoms with Crippen LogP contribution in [0, 0.1) is 17.8 Å². The lowest BCUT2D eigenvalue weighted by atomic mass is 9.79. The molecular formula is C13H24N2O. The maximum Gasteiger partial charge on any atom is 0.224 e. The van der Waals surface area contributed by atoms with Gasteiger partial charge in [-0.1, -0.05) is 13.8 Å². The third kappa shape index (κ3) is 2.76. The van der Waals surface area contributed by atoms with Gasteiger partial charge in [0.25, 0.3) is 0 Å². The van der Waals surface area contributed by atoms with E-state index in [-0.39, 0.29) is 11.8 Å². The summed E-state index contributed by atoms with van der Waals surface area (Å²) in [6.45, 7) is 6.45. The molecule has 1 aliphatic heterocycles. The number of carbonyl (C=O) groups excluding carboxylic acids is 1. The molecule has 4 unspecified atom stereocenters. The van der Waals surface area contributed by atoms with Gasteiger partial charge in [-0.2, -0.15) is 0 Å². The summed E-state index contributed by atoms with van der Waals surface area (Å²) in [5.41, 5.74) is 0. The second kappa shape index (κ2) is 5.17. The van der Waals surface area contributed by atoms with Gasteiger partial charge in [-0.05, 0) is 44.1 Å². The first kappa shape index (κ1) is 11.9. The van der Waals surface area contributed by atoms with Crippen LogP contribution >= 0.6 is 0 Å².